The van der Waals surface area contributed by atoms with Crippen LogP contribution in [0.2, 0.25) is 0 Å². The largest absolute Gasteiger partial charge is 0.469 e. The Morgan fingerprint density at radius 1 is 1.00 bits per heavy atom. The maximum Gasteiger partial charge on any atom is 0.309 e. The summed E-state index contributed by atoms with van der Waals surface area (Å²) in [6, 6.07) is 0. The van der Waals surface area contributed by atoms with Crippen LogP contribution in [0.4, 0.5) is 0 Å². The van der Waals surface area contributed by atoms with E-state index >= 15 is 0 Å². The van der Waals surface area contributed by atoms with E-state index in [1.165, 1.54) is 14.2 Å². The van der Waals surface area contributed by atoms with Crippen molar-refractivity contribution in [2.45, 2.75) is 13.8 Å². The third-order valence-electron chi connectivity index (χ3n) is 1.94. The first-order chi connectivity index (χ1) is 7.02. The van der Waals surface area contributed by atoms with Crippen LogP contribution in [-0.2, 0) is 19.1 Å². The van der Waals surface area contributed by atoms with Gasteiger partial charge < -0.3 is 9.47 Å². The van der Waals surface area contributed by atoms with Crippen molar-refractivity contribution in [2.24, 2.45) is 11.8 Å². The van der Waals surface area contributed by atoms with Gasteiger partial charge in [-0.2, -0.15) is 11.8 Å². The summed E-state index contributed by atoms with van der Waals surface area (Å²) < 4.78 is 9.19. The van der Waals surface area contributed by atoms with Gasteiger partial charge in [-0.1, -0.05) is 13.8 Å². The monoisotopic (exact) mass is 234 g/mol. The lowest BCUT2D eigenvalue weighted by atomic mass is 10.2. The highest BCUT2D eigenvalue weighted by Crippen LogP contribution is 2.14. The van der Waals surface area contributed by atoms with Crippen molar-refractivity contribution in [3.05, 3.63) is 0 Å². The Morgan fingerprint density at radius 3 is 1.60 bits per heavy atom. The molecule has 0 fully saturated rings. The summed E-state index contributed by atoms with van der Waals surface area (Å²) in [5, 5.41) is 0. The first-order valence-electron chi connectivity index (χ1n) is 4.76. The number of methoxy groups -OCH3 is 2. The molecule has 0 saturated carbocycles. The SMILES string of the molecule is COC(=O)C(C)CSCC(C)C(=O)OC. The average molecular weight is 234 g/mol. The molecule has 2 unspecified atom stereocenters. The van der Waals surface area contributed by atoms with E-state index in [-0.39, 0.29) is 23.8 Å². The van der Waals surface area contributed by atoms with Crippen molar-refractivity contribution in [3.8, 4) is 0 Å². The molecule has 0 aromatic carbocycles. The first-order valence-corrected chi connectivity index (χ1v) is 5.91. The summed E-state index contributed by atoms with van der Waals surface area (Å²) in [6.07, 6.45) is 0. The molecule has 5 heteroatoms. The lowest BCUT2D eigenvalue weighted by molar-refractivity contribution is -0.144. The molecule has 2 atom stereocenters. The van der Waals surface area contributed by atoms with E-state index in [1.807, 2.05) is 13.8 Å². The van der Waals surface area contributed by atoms with Crippen LogP contribution in [0.3, 0.4) is 0 Å². The summed E-state index contributed by atoms with van der Waals surface area (Å²) in [5.41, 5.74) is 0. The second-order valence-electron chi connectivity index (χ2n) is 3.39. The van der Waals surface area contributed by atoms with Gasteiger partial charge in [0.1, 0.15) is 0 Å². The summed E-state index contributed by atoms with van der Waals surface area (Å²) in [6.45, 7) is 3.61. The Kier molecular flexibility index (Phi) is 7.21. The highest BCUT2D eigenvalue weighted by atomic mass is 32.2. The molecule has 0 saturated heterocycles. The summed E-state index contributed by atoms with van der Waals surface area (Å²) in [5.74, 6) is 0.623. The molecule has 4 nitrogen and oxygen atoms in total. The number of ether oxygens (including phenoxy) is 2. The third kappa shape index (κ3) is 5.67. The van der Waals surface area contributed by atoms with E-state index in [2.05, 4.69) is 9.47 Å². The zero-order valence-electron chi connectivity index (χ0n) is 9.61. The summed E-state index contributed by atoms with van der Waals surface area (Å²) in [7, 11) is 2.75. The van der Waals surface area contributed by atoms with Gasteiger partial charge in [0, 0.05) is 11.5 Å². The van der Waals surface area contributed by atoms with Crippen molar-refractivity contribution in [1.29, 1.82) is 0 Å². The van der Waals surface area contributed by atoms with Crippen molar-refractivity contribution >= 4 is 23.7 Å². The Balaban J connectivity index is 3.70. The van der Waals surface area contributed by atoms with E-state index < -0.39 is 0 Å². The fourth-order valence-electron chi connectivity index (χ4n) is 0.960. The standard InChI is InChI=1S/C10H18O4S/c1-7(9(11)13-3)5-15-6-8(2)10(12)14-4/h7-8H,5-6H2,1-4H3. The van der Waals surface area contributed by atoms with Gasteiger partial charge >= 0.3 is 11.9 Å². The van der Waals surface area contributed by atoms with E-state index in [0.29, 0.717) is 11.5 Å². The fraction of sp³-hybridized carbons (Fsp3) is 0.800. The molecule has 0 aromatic heterocycles. The molecule has 0 spiro atoms. The smallest absolute Gasteiger partial charge is 0.309 e. The minimum absolute atomic E-state index is 0.134. The summed E-state index contributed by atoms with van der Waals surface area (Å²) >= 11 is 1.56. The molecule has 0 bridgehead atoms. The van der Waals surface area contributed by atoms with E-state index in [1.54, 1.807) is 11.8 Å². The molecular weight excluding hydrogens is 216 g/mol. The lowest BCUT2D eigenvalue weighted by Gasteiger charge is -2.11. The topological polar surface area (TPSA) is 52.6 Å². The number of hydrogen-bond acceptors (Lipinski definition) is 5. The number of esters is 2. The van der Waals surface area contributed by atoms with Crippen LogP contribution in [-0.4, -0.2) is 37.7 Å². The van der Waals surface area contributed by atoms with Gasteiger partial charge in [-0.3, -0.25) is 9.59 Å². The Bertz CT molecular complexity index is 195. The highest BCUT2D eigenvalue weighted by Gasteiger charge is 2.16. The van der Waals surface area contributed by atoms with E-state index in [4.69, 9.17) is 0 Å². The van der Waals surface area contributed by atoms with Gasteiger partial charge in [-0.05, 0) is 0 Å². The van der Waals surface area contributed by atoms with Crippen molar-refractivity contribution in [2.75, 3.05) is 25.7 Å². The number of rotatable bonds is 6. The van der Waals surface area contributed by atoms with Crippen molar-refractivity contribution < 1.29 is 19.1 Å². The first kappa shape index (κ1) is 14.3. The molecule has 0 N–H and O–H groups in total. The maximum atomic E-state index is 11.1. The van der Waals surface area contributed by atoms with Crippen LogP contribution in [0.1, 0.15) is 13.8 Å². The number of carbonyl (C=O) groups is 2. The van der Waals surface area contributed by atoms with Crippen LogP contribution in [0.5, 0.6) is 0 Å². The second kappa shape index (κ2) is 7.56. The normalized spacial score (nSPS) is 14.1. The fourth-order valence-corrected chi connectivity index (χ4v) is 2.08. The van der Waals surface area contributed by atoms with Crippen molar-refractivity contribution in [1.82, 2.24) is 0 Å². The minimum Gasteiger partial charge on any atom is -0.469 e. The van der Waals surface area contributed by atoms with Gasteiger partial charge in [0.2, 0.25) is 0 Å². The minimum atomic E-state index is -0.215. The van der Waals surface area contributed by atoms with Gasteiger partial charge in [-0.15, -0.1) is 0 Å². The summed E-state index contributed by atoms with van der Waals surface area (Å²) in [4.78, 5) is 22.1. The predicted octanol–water partition coefficient (Wildman–Crippen LogP) is 1.34. The van der Waals surface area contributed by atoms with Crippen LogP contribution < -0.4 is 0 Å². The highest BCUT2D eigenvalue weighted by molar-refractivity contribution is 7.99. The average Bonchev–Trinajstić information content (AvgIpc) is 2.26. The van der Waals surface area contributed by atoms with Crippen LogP contribution >= 0.6 is 11.8 Å². The second-order valence-corrected chi connectivity index (χ2v) is 4.46. The van der Waals surface area contributed by atoms with Gasteiger partial charge in [0.15, 0.2) is 0 Å². The Labute approximate surface area is 94.7 Å². The zero-order chi connectivity index (χ0) is 11.8. The quantitative estimate of drug-likeness (QED) is 0.649. The lowest BCUT2D eigenvalue weighted by Crippen LogP contribution is -2.18. The molecule has 0 aliphatic carbocycles. The Morgan fingerprint density at radius 2 is 1.33 bits per heavy atom. The molecule has 0 aliphatic heterocycles. The molecule has 0 aliphatic rings. The van der Waals surface area contributed by atoms with Gasteiger partial charge in [0.25, 0.3) is 0 Å². The number of thioether (sulfide) groups is 1. The van der Waals surface area contributed by atoms with Gasteiger partial charge in [-0.25, -0.2) is 0 Å². The van der Waals surface area contributed by atoms with Crippen LogP contribution in [0, 0.1) is 11.8 Å². The zero-order valence-corrected chi connectivity index (χ0v) is 10.4. The Hall–Kier alpha value is -0.710. The molecular formula is C10H18O4S. The van der Waals surface area contributed by atoms with Crippen LogP contribution in [0.15, 0.2) is 0 Å². The number of hydrogen-bond donors (Lipinski definition) is 0. The van der Waals surface area contributed by atoms with Crippen molar-refractivity contribution in [3.63, 3.8) is 0 Å². The van der Waals surface area contributed by atoms with Gasteiger partial charge in [0.05, 0.1) is 26.1 Å². The molecule has 88 valence electrons. The maximum absolute atomic E-state index is 11.1. The molecule has 0 aromatic rings. The molecule has 0 amide bonds. The molecule has 0 rings (SSSR count). The van der Waals surface area contributed by atoms with Crippen LogP contribution in [0.25, 0.3) is 0 Å². The predicted molar refractivity (Wildman–Crippen MR) is 59.7 cm³/mol. The van der Waals surface area contributed by atoms with E-state index in [9.17, 15) is 9.59 Å². The molecule has 15 heavy (non-hydrogen) atoms. The molecule has 0 radical (unpaired) electrons. The molecule has 0 heterocycles. The number of carbonyl (C=O) groups excluding carboxylic acids is 2. The third-order valence-corrected chi connectivity index (χ3v) is 3.41. The van der Waals surface area contributed by atoms with E-state index in [0.717, 1.165) is 0 Å².